The van der Waals surface area contributed by atoms with E-state index in [0.717, 1.165) is 11.4 Å². The molecule has 0 fully saturated rings. The third kappa shape index (κ3) is 4.17. The highest BCUT2D eigenvalue weighted by Crippen LogP contribution is 2.42. The molecule has 0 atom stereocenters. The average molecular weight is 501 g/mol. The van der Waals surface area contributed by atoms with Gasteiger partial charge in [-0.15, -0.1) is 0 Å². The molecule has 7 rings (SSSR count). The molecule has 7 aromatic carbocycles. The minimum absolute atomic E-state index is 1.12. The number of benzene rings is 7. The van der Waals surface area contributed by atoms with E-state index in [1.165, 1.54) is 49.4 Å². The van der Waals surface area contributed by atoms with Gasteiger partial charge in [-0.3, -0.25) is 0 Å². The van der Waals surface area contributed by atoms with E-state index in [0.29, 0.717) is 0 Å². The Hall–Kier alpha value is -5.08. The van der Waals surface area contributed by atoms with Crippen molar-refractivity contribution >= 4 is 60.8 Å². The summed E-state index contributed by atoms with van der Waals surface area (Å²) in [7, 11) is 2.13. The number of rotatable bonds is 5. The molecule has 0 N–H and O–H groups in total. The van der Waals surface area contributed by atoms with Gasteiger partial charge in [0.15, 0.2) is 0 Å². The Labute approximate surface area is 229 Å². The van der Waals surface area contributed by atoms with Gasteiger partial charge in [-0.2, -0.15) is 0 Å². The van der Waals surface area contributed by atoms with Gasteiger partial charge in [0, 0.05) is 34.9 Å². The second-order valence-electron chi connectivity index (χ2n) is 9.94. The van der Waals surface area contributed by atoms with Crippen molar-refractivity contribution in [1.29, 1.82) is 0 Å². The van der Waals surface area contributed by atoms with Crippen LogP contribution >= 0.6 is 0 Å². The van der Waals surface area contributed by atoms with Gasteiger partial charge >= 0.3 is 0 Å². The maximum absolute atomic E-state index is 2.39. The summed E-state index contributed by atoms with van der Waals surface area (Å²) < 4.78 is 0. The van der Waals surface area contributed by atoms with Gasteiger partial charge in [0.25, 0.3) is 0 Å². The third-order valence-corrected chi connectivity index (χ3v) is 7.63. The topological polar surface area (TPSA) is 6.48 Å². The van der Waals surface area contributed by atoms with Gasteiger partial charge in [0.05, 0.1) is 11.4 Å². The van der Waals surface area contributed by atoms with Gasteiger partial charge in [0.2, 0.25) is 0 Å². The summed E-state index contributed by atoms with van der Waals surface area (Å²) in [5.41, 5.74) is 5.77. The predicted molar refractivity (Wildman–Crippen MR) is 168 cm³/mol. The van der Waals surface area contributed by atoms with Crippen LogP contribution in [-0.4, -0.2) is 7.05 Å². The normalized spacial score (nSPS) is 11.2. The number of hydrogen-bond donors (Lipinski definition) is 0. The van der Waals surface area contributed by atoms with E-state index in [1.54, 1.807) is 0 Å². The standard InChI is InChI=1S/C37H28N2/c1-38(33-21-20-27-10-2-3-13-30(27)26-33)31-22-24-32(25-23-31)39(36-18-8-14-28-11-4-6-16-34(28)36)37-19-9-15-29-12-5-7-17-35(29)37/h2-26H,1H3. The Morgan fingerprint density at radius 2 is 0.821 bits per heavy atom. The number of nitrogens with zero attached hydrogens (tertiary/aromatic N) is 2. The molecule has 0 heterocycles. The van der Waals surface area contributed by atoms with Gasteiger partial charge in [-0.1, -0.05) is 103 Å². The SMILES string of the molecule is CN(c1ccc(N(c2cccc3ccccc23)c2cccc3ccccc23)cc1)c1ccc2ccccc2c1. The first-order valence-electron chi connectivity index (χ1n) is 13.3. The van der Waals surface area contributed by atoms with Crippen molar-refractivity contribution in [1.82, 2.24) is 0 Å². The van der Waals surface area contributed by atoms with Crippen LogP contribution in [0.15, 0.2) is 152 Å². The maximum atomic E-state index is 2.39. The highest BCUT2D eigenvalue weighted by Gasteiger charge is 2.18. The number of hydrogen-bond acceptors (Lipinski definition) is 2. The zero-order valence-electron chi connectivity index (χ0n) is 21.8. The molecule has 0 spiro atoms. The van der Waals surface area contributed by atoms with Gasteiger partial charge in [-0.05, 0) is 70.1 Å². The quantitative estimate of drug-likeness (QED) is 0.232. The second kappa shape index (κ2) is 9.66. The molecule has 0 aliphatic heterocycles. The van der Waals surface area contributed by atoms with E-state index >= 15 is 0 Å². The fourth-order valence-electron chi connectivity index (χ4n) is 5.57. The lowest BCUT2D eigenvalue weighted by Gasteiger charge is -2.29. The van der Waals surface area contributed by atoms with E-state index in [9.17, 15) is 0 Å². The fraction of sp³-hybridized carbons (Fsp3) is 0.0270. The molecule has 7 aromatic rings. The number of fused-ring (bicyclic) bond motifs is 3. The summed E-state index contributed by atoms with van der Waals surface area (Å²) in [6.07, 6.45) is 0. The van der Waals surface area contributed by atoms with Gasteiger partial charge in [-0.25, -0.2) is 0 Å². The molecule has 2 nitrogen and oxygen atoms in total. The average Bonchev–Trinajstić information content (AvgIpc) is 3.01. The van der Waals surface area contributed by atoms with Crippen LogP contribution in [0.5, 0.6) is 0 Å². The van der Waals surface area contributed by atoms with Crippen molar-refractivity contribution < 1.29 is 0 Å². The molecule has 39 heavy (non-hydrogen) atoms. The molecule has 0 saturated carbocycles. The Morgan fingerprint density at radius 3 is 1.44 bits per heavy atom. The predicted octanol–water partition coefficient (Wildman–Crippen LogP) is 10.4. The Morgan fingerprint density at radius 1 is 0.359 bits per heavy atom. The molecular formula is C37H28N2. The Balaban J connectivity index is 1.35. The van der Waals surface area contributed by atoms with E-state index < -0.39 is 0 Å². The van der Waals surface area contributed by atoms with E-state index in [4.69, 9.17) is 0 Å². The van der Waals surface area contributed by atoms with E-state index in [-0.39, 0.29) is 0 Å². The van der Waals surface area contributed by atoms with Crippen LogP contribution in [0.1, 0.15) is 0 Å². The van der Waals surface area contributed by atoms with Crippen molar-refractivity contribution in [3.05, 3.63) is 152 Å². The molecule has 2 heteroatoms. The van der Waals surface area contributed by atoms with Crippen molar-refractivity contribution in [3.63, 3.8) is 0 Å². The highest BCUT2D eigenvalue weighted by atomic mass is 15.1. The largest absolute Gasteiger partial charge is 0.345 e. The molecule has 0 aromatic heterocycles. The summed E-state index contributed by atoms with van der Waals surface area (Å²) in [6, 6.07) is 54.4. The van der Waals surface area contributed by atoms with Gasteiger partial charge < -0.3 is 9.80 Å². The summed E-state index contributed by atoms with van der Waals surface area (Å²) >= 11 is 0. The summed E-state index contributed by atoms with van der Waals surface area (Å²) in [6.45, 7) is 0. The van der Waals surface area contributed by atoms with Crippen LogP contribution < -0.4 is 9.80 Å². The molecule has 0 unspecified atom stereocenters. The zero-order chi connectivity index (χ0) is 26.2. The first kappa shape index (κ1) is 23.1. The first-order chi connectivity index (χ1) is 19.3. The molecular weight excluding hydrogens is 472 g/mol. The van der Waals surface area contributed by atoms with E-state index in [1.807, 2.05) is 0 Å². The smallest absolute Gasteiger partial charge is 0.0540 e. The molecule has 0 amide bonds. The summed E-state index contributed by atoms with van der Waals surface area (Å²) in [5, 5.41) is 7.42. The van der Waals surface area contributed by atoms with Crippen molar-refractivity contribution in [2.75, 3.05) is 16.8 Å². The van der Waals surface area contributed by atoms with Crippen LogP contribution in [0.4, 0.5) is 28.4 Å². The maximum Gasteiger partial charge on any atom is 0.0540 e. The molecule has 186 valence electrons. The Kier molecular flexibility index (Phi) is 5.71. The van der Waals surface area contributed by atoms with Crippen molar-refractivity contribution in [3.8, 4) is 0 Å². The molecule has 0 aliphatic rings. The minimum Gasteiger partial charge on any atom is -0.345 e. The molecule has 0 radical (unpaired) electrons. The van der Waals surface area contributed by atoms with Crippen molar-refractivity contribution in [2.45, 2.75) is 0 Å². The van der Waals surface area contributed by atoms with Crippen LogP contribution in [-0.2, 0) is 0 Å². The fourth-order valence-corrected chi connectivity index (χ4v) is 5.57. The number of anilines is 5. The first-order valence-corrected chi connectivity index (χ1v) is 13.3. The zero-order valence-corrected chi connectivity index (χ0v) is 21.8. The lowest BCUT2D eigenvalue weighted by Crippen LogP contribution is -2.12. The summed E-state index contributed by atoms with van der Waals surface area (Å²) in [5.74, 6) is 0. The van der Waals surface area contributed by atoms with Gasteiger partial charge in [0.1, 0.15) is 0 Å². The van der Waals surface area contributed by atoms with Crippen LogP contribution in [0, 0.1) is 0 Å². The van der Waals surface area contributed by atoms with Crippen LogP contribution in [0.2, 0.25) is 0 Å². The lowest BCUT2D eigenvalue weighted by atomic mass is 10.0. The third-order valence-electron chi connectivity index (χ3n) is 7.63. The van der Waals surface area contributed by atoms with E-state index in [2.05, 4.69) is 169 Å². The second-order valence-corrected chi connectivity index (χ2v) is 9.94. The molecule has 0 saturated heterocycles. The highest BCUT2D eigenvalue weighted by molar-refractivity contribution is 6.04. The lowest BCUT2D eigenvalue weighted by molar-refractivity contribution is 1.21. The monoisotopic (exact) mass is 500 g/mol. The molecule has 0 aliphatic carbocycles. The van der Waals surface area contributed by atoms with Crippen LogP contribution in [0.3, 0.4) is 0 Å². The van der Waals surface area contributed by atoms with Crippen molar-refractivity contribution in [2.24, 2.45) is 0 Å². The van der Waals surface area contributed by atoms with Crippen LogP contribution in [0.25, 0.3) is 32.3 Å². The molecule has 0 bridgehead atoms. The minimum atomic E-state index is 1.12. The Bertz CT molecular complexity index is 1850. The summed E-state index contributed by atoms with van der Waals surface area (Å²) in [4.78, 5) is 4.64.